The average molecular weight is 400 g/mol. The van der Waals surface area contributed by atoms with Crippen molar-refractivity contribution in [2.75, 3.05) is 27.1 Å². The number of carbonyl (C=O) groups excluding carboxylic acids is 1. The third-order valence-electron chi connectivity index (χ3n) is 4.00. The summed E-state index contributed by atoms with van der Waals surface area (Å²) in [4.78, 5) is 12.5. The van der Waals surface area contributed by atoms with E-state index in [1.807, 2.05) is 24.3 Å². The topological polar surface area (TPSA) is 83.7 Å². The molecule has 0 spiro atoms. The fourth-order valence-corrected chi connectivity index (χ4v) is 3.18. The number of ether oxygens (including phenoxy) is 3. The number of hydrogen-bond acceptors (Lipinski definition) is 8. The third-order valence-corrected chi connectivity index (χ3v) is 4.82. The minimum Gasteiger partial charge on any atom is -0.497 e. The smallest absolute Gasteiger partial charge is 0.277 e. The van der Waals surface area contributed by atoms with Crippen molar-refractivity contribution in [3.63, 3.8) is 0 Å². The van der Waals surface area contributed by atoms with Crippen molar-refractivity contribution < 1.29 is 23.4 Å². The van der Waals surface area contributed by atoms with E-state index >= 15 is 0 Å². The fourth-order valence-electron chi connectivity index (χ4n) is 2.52. The van der Waals surface area contributed by atoms with Gasteiger partial charge >= 0.3 is 0 Å². The first-order valence-electron chi connectivity index (χ1n) is 8.46. The molecule has 3 rings (SSSR count). The molecule has 146 valence electrons. The number of benzene rings is 2. The van der Waals surface area contributed by atoms with E-state index in [-0.39, 0.29) is 11.5 Å². The second-order valence-corrected chi connectivity index (χ2v) is 6.69. The van der Waals surface area contributed by atoms with Gasteiger partial charge in [0.1, 0.15) is 17.2 Å². The molecule has 0 atom stereocenters. The predicted molar refractivity (Wildman–Crippen MR) is 105 cm³/mol. The van der Waals surface area contributed by atoms with E-state index in [4.69, 9.17) is 18.6 Å². The lowest BCUT2D eigenvalue weighted by Crippen LogP contribution is -2.05. The summed E-state index contributed by atoms with van der Waals surface area (Å²) in [5, 5.41) is 8.39. The number of carbonyl (C=O) groups is 1. The normalized spacial score (nSPS) is 10.5. The highest BCUT2D eigenvalue weighted by atomic mass is 32.2. The minimum absolute atomic E-state index is 0.0978. The first-order valence-corrected chi connectivity index (χ1v) is 9.45. The summed E-state index contributed by atoms with van der Waals surface area (Å²) in [5.41, 5.74) is 1.51. The fraction of sp³-hybridized carbons (Fsp3) is 0.250. The molecule has 0 aliphatic rings. The lowest BCUT2D eigenvalue weighted by molar-refractivity contribution is 0.101. The van der Waals surface area contributed by atoms with Gasteiger partial charge in [-0.1, -0.05) is 23.9 Å². The molecule has 0 fully saturated rings. The monoisotopic (exact) mass is 400 g/mol. The number of Topliss-reactive ketones (excluding diaryl/α,β-unsaturated/α-hetero) is 1. The maximum Gasteiger partial charge on any atom is 0.277 e. The van der Waals surface area contributed by atoms with E-state index in [0.717, 1.165) is 11.3 Å². The summed E-state index contributed by atoms with van der Waals surface area (Å²) in [5.74, 6) is 2.43. The van der Waals surface area contributed by atoms with Crippen LogP contribution in [-0.2, 0) is 6.42 Å². The Kier molecular flexibility index (Phi) is 6.54. The van der Waals surface area contributed by atoms with Crippen LogP contribution in [0.1, 0.15) is 21.8 Å². The van der Waals surface area contributed by atoms with Crippen LogP contribution in [0.4, 0.5) is 0 Å². The van der Waals surface area contributed by atoms with Crippen molar-refractivity contribution in [2.45, 2.75) is 11.6 Å². The molecule has 1 aromatic heterocycles. The minimum atomic E-state index is -0.0978. The van der Waals surface area contributed by atoms with Crippen LogP contribution in [0.5, 0.6) is 17.2 Å². The number of hydrogen-bond donors (Lipinski definition) is 0. The molecule has 3 aromatic rings. The van der Waals surface area contributed by atoms with E-state index in [1.54, 1.807) is 32.4 Å². The zero-order chi connectivity index (χ0) is 19.9. The van der Waals surface area contributed by atoms with Crippen molar-refractivity contribution in [1.29, 1.82) is 0 Å². The van der Waals surface area contributed by atoms with E-state index in [9.17, 15) is 4.79 Å². The van der Waals surface area contributed by atoms with Crippen LogP contribution in [0.3, 0.4) is 0 Å². The SMILES string of the molecule is COc1ccc(Cc2nnc(SCC(=O)c3ccc(OC)cc3OC)o2)cc1. The van der Waals surface area contributed by atoms with Gasteiger partial charge in [-0.15, -0.1) is 10.2 Å². The van der Waals surface area contributed by atoms with Crippen molar-refractivity contribution in [3.8, 4) is 17.2 Å². The number of rotatable bonds is 9. The van der Waals surface area contributed by atoms with Crippen LogP contribution in [0.25, 0.3) is 0 Å². The summed E-state index contributed by atoms with van der Waals surface area (Å²) in [7, 11) is 4.70. The van der Waals surface area contributed by atoms with Gasteiger partial charge in [-0.2, -0.15) is 0 Å². The summed E-state index contributed by atoms with van der Waals surface area (Å²) < 4.78 is 21.2. The van der Waals surface area contributed by atoms with Gasteiger partial charge in [0.2, 0.25) is 5.89 Å². The molecule has 0 radical (unpaired) electrons. The van der Waals surface area contributed by atoms with Gasteiger partial charge in [-0.25, -0.2) is 0 Å². The molecule has 0 saturated heterocycles. The summed E-state index contributed by atoms with van der Waals surface area (Å²) in [6.07, 6.45) is 0.512. The largest absolute Gasteiger partial charge is 0.497 e. The lowest BCUT2D eigenvalue weighted by Gasteiger charge is -2.08. The van der Waals surface area contributed by atoms with Gasteiger partial charge in [0.25, 0.3) is 5.22 Å². The standard InChI is InChI=1S/C20H20N2O5S/c1-24-14-6-4-13(5-7-14)10-19-21-22-20(27-19)28-12-17(23)16-9-8-15(25-2)11-18(16)26-3/h4-9,11H,10,12H2,1-3H3. The van der Waals surface area contributed by atoms with Crippen LogP contribution >= 0.6 is 11.8 Å². The molecule has 0 aliphatic heterocycles. The lowest BCUT2D eigenvalue weighted by atomic mass is 10.1. The molecule has 8 heteroatoms. The Balaban J connectivity index is 1.60. The predicted octanol–water partition coefficient (Wildman–Crippen LogP) is 3.66. The van der Waals surface area contributed by atoms with E-state index in [2.05, 4.69) is 10.2 Å². The van der Waals surface area contributed by atoms with Crippen LogP contribution in [0.2, 0.25) is 0 Å². The molecule has 0 bridgehead atoms. The van der Waals surface area contributed by atoms with E-state index in [1.165, 1.54) is 18.9 Å². The maximum atomic E-state index is 12.5. The molecule has 0 saturated carbocycles. The molecule has 0 aliphatic carbocycles. The third kappa shape index (κ3) is 4.83. The van der Waals surface area contributed by atoms with Crippen LogP contribution in [-0.4, -0.2) is 43.1 Å². The van der Waals surface area contributed by atoms with E-state index in [0.29, 0.717) is 34.6 Å². The molecule has 0 amide bonds. The molecular weight excluding hydrogens is 380 g/mol. The Hall–Kier alpha value is -3.00. The van der Waals surface area contributed by atoms with Gasteiger partial charge < -0.3 is 18.6 Å². The molecule has 1 heterocycles. The molecular formula is C20H20N2O5S. The molecule has 7 nitrogen and oxygen atoms in total. The Bertz CT molecular complexity index is 940. The number of thioether (sulfide) groups is 1. The Morgan fingerprint density at radius 2 is 1.68 bits per heavy atom. The molecule has 0 N–H and O–H groups in total. The van der Waals surface area contributed by atoms with Gasteiger partial charge in [0.15, 0.2) is 5.78 Å². The highest BCUT2D eigenvalue weighted by Crippen LogP contribution is 2.27. The van der Waals surface area contributed by atoms with Gasteiger partial charge in [-0.05, 0) is 29.8 Å². The van der Waals surface area contributed by atoms with Gasteiger partial charge in [0.05, 0.1) is 39.1 Å². The number of nitrogens with zero attached hydrogens (tertiary/aromatic N) is 2. The summed E-state index contributed by atoms with van der Waals surface area (Å²) in [6, 6.07) is 12.7. The van der Waals surface area contributed by atoms with Gasteiger partial charge in [0, 0.05) is 6.07 Å². The molecule has 28 heavy (non-hydrogen) atoms. The quantitative estimate of drug-likeness (QED) is 0.397. The number of aromatic nitrogens is 2. The Labute approximate surface area is 167 Å². The van der Waals surface area contributed by atoms with Gasteiger partial charge in [-0.3, -0.25) is 4.79 Å². The number of ketones is 1. The summed E-state index contributed by atoms with van der Waals surface area (Å²) >= 11 is 1.19. The second kappa shape index (κ2) is 9.27. The Morgan fingerprint density at radius 1 is 0.964 bits per heavy atom. The van der Waals surface area contributed by atoms with E-state index < -0.39 is 0 Å². The highest BCUT2D eigenvalue weighted by molar-refractivity contribution is 7.99. The van der Waals surface area contributed by atoms with Crippen LogP contribution in [0, 0.1) is 0 Å². The number of methoxy groups -OCH3 is 3. The average Bonchev–Trinajstić information content (AvgIpc) is 3.19. The van der Waals surface area contributed by atoms with Crippen LogP contribution in [0.15, 0.2) is 52.1 Å². The van der Waals surface area contributed by atoms with Crippen LogP contribution < -0.4 is 14.2 Å². The first-order chi connectivity index (χ1) is 13.6. The van der Waals surface area contributed by atoms with Crippen molar-refractivity contribution in [1.82, 2.24) is 10.2 Å². The zero-order valence-electron chi connectivity index (χ0n) is 15.8. The molecule has 2 aromatic carbocycles. The second-order valence-electron chi connectivity index (χ2n) is 5.76. The van der Waals surface area contributed by atoms with Crippen molar-refractivity contribution >= 4 is 17.5 Å². The highest BCUT2D eigenvalue weighted by Gasteiger charge is 2.16. The zero-order valence-corrected chi connectivity index (χ0v) is 16.6. The van der Waals surface area contributed by atoms with Crippen molar-refractivity contribution in [3.05, 3.63) is 59.5 Å². The maximum absolute atomic E-state index is 12.5. The Morgan fingerprint density at radius 3 is 2.36 bits per heavy atom. The molecule has 0 unspecified atom stereocenters. The first kappa shape index (κ1) is 19.8. The van der Waals surface area contributed by atoms with Crippen molar-refractivity contribution in [2.24, 2.45) is 0 Å². The summed E-state index contributed by atoms with van der Waals surface area (Å²) in [6.45, 7) is 0.